The van der Waals surface area contributed by atoms with E-state index in [1.54, 1.807) is 6.92 Å². The molecule has 1 aliphatic carbocycles. The molecule has 0 bridgehead atoms. The first-order valence-electron chi connectivity index (χ1n) is 5.57. The van der Waals surface area contributed by atoms with Crippen LogP contribution in [0.5, 0.6) is 0 Å². The molecule has 0 fully saturated rings. The van der Waals surface area contributed by atoms with Gasteiger partial charge in [-0.1, -0.05) is 6.07 Å². The number of carbonyl (C=O) groups is 1. The number of hydrogen-bond donors (Lipinski definition) is 1. The number of aryl methyl sites for hydroxylation is 3. The maximum atomic E-state index is 11.0. The Balaban J connectivity index is 2.36. The highest BCUT2D eigenvalue weighted by molar-refractivity contribution is 5.89. The summed E-state index contributed by atoms with van der Waals surface area (Å²) in [6.07, 6.45) is 4.92. The Kier molecular flexibility index (Phi) is 2.76. The fourth-order valence-corrected chi connectivity index (χ4v) is 2.23. The van der Waals surface area contributed by atoms with E-state index in [1.807, 2.05) is 0 Å². The van der Waals surface area contributed by atoms with Gasteiger partial charge < -0.3 is 5.32 Å². The molecule has 2 heteroatoms. The molecule has 0 saturated heterocycles. The molecule has 0 atom stereocenters. The summed E-state index contributed by atoms with van der Waals surface area (Å²) in [5.41, 5.74) is 5.03. The number of anilines is 1. The van der Waals surface area contributed by atoms with Crippen LogP contribution >= 0.6 is 0 Å². The molecule has 0 radical (unpaired) electrons. The zero-order valence-corrected chi connectivity index (χ0v) is 9.39. The highest BCUT2D eigenvalue weighted by Crippen LogP contribution is 2.27. The fourth-order valence-electron chi connectivity index (χ4n) is 2.23. The van der Waals surface area contributed by atoms with E-state index in [9.17, 15) is 4.79 Å². The van der Waals surface area contributed by atoms with Crippen LogP contribution in [0, 0.1) is 6.92 Å². The molecular weight excluding hydrogens is 186 g/mol. The molecule has 1 aliphatic rings. The van der Waals surface area contributed by atoms with Crippen molar-refractivity contribution in [2.75, 3.05) is 5.32 Å². The summed E-state index contributed by atoms with van der Waals surface area (Å²) in [7, 11) is 0. The molecule has 0 unspecified atom stereocenters. The Bertz CT molecular complexity index is 396. The van der Waals surface area contributed by atoms with Gasteiger partial charge >= 0.3 is 0 Å². The highest BCUT2D eigenvalue weighted by atomic mass is 16.1. The van der Waals surface area contributed by atoms with E-state index in [0.717, 1.165) is 12.1 Å². The van der Waals surface area contributed by atoms with Gasteiger partial charge in [0.1, 0.15) is 0 Å². The zero-order chi connectivity index (χ0) is 10.8. The van der Waals surface area contributed by atoms with Crippen molar-refractivity contribution in [2.24, 2.45) is 0 Å². The first-order chi connectivity index (χ1) is 7.16. The lowest BCUT2D eigenvalue weighted by atomic mass is 9.90. The third-order valence-corrected chi connectivity index (χ3v) is 3.00. The molecule has 0 aliphatic heterocycles. The molecule has 0 saturated carbocycles. The number of carbonyl (C=O) groups excluding carboxylic acids is 1. The van der Waals surface area contributed by atoms with Crippen LogP contribution in [-0.2, 0) is 17.6 Å². The van der Waals surface area contributed by atoms with Crippen molar-refractivity contribution in [2.45, 2.75) is 39.5 Å². The molecule has 1 aromatic carbocycles. The van der Waals surface area contributed by atoms with Crippen molar-refractivity contribution in [3.05, 3.63) is 28.8 Å². The second kappa shape index (κ2) is 4.05. The summed E-state index contributed by atoms with van der Waals surface area (Å²) in [6.45, 7) is 3.61. The highest BCUT2D eigenvalue weighted by Gasteiger charge is 2.11. The Morgan fingerprint density at radius 3 is 2.40 bits per heavy atom. The van der Waals surface area contributed by atoms with Gasteiger partial charge in [0.05, 0.1) is 0 Å². The lowest BCUT2D eigenvalue weighted by Gasteiger charge is -2.18. The van der Waals surface area contributed by atoms with Gasteiger partial charge in [0.2, 0.25) is 5.91 Å². The van der Waals surface area contributed by atoms with Gasteiger partial charge in [-0.3, -0.25) is 4.79 Å². The van der Waals surface area contributed by atoms with E-state index >= 15 is 0 Å². The SMILES string of the molecule is CC(=O)Nc1cc2c(cc1C)CCCC2. The van der Waals surface area contributed by atoms with E-state index in [-0.39, 0.29) is 5.91 Å². The predicted molar refractivity (Wildman–Crippen MR) is 62.1 cm³/mol. The van der Waals surface area contributed by atoms with Crippen molar-refractivity contribution < 1.29 is 4.79 Å². The standard InChI is InChI=1S/C13H17NO/c1-9-7-11-5-3-4-6-12(11)8-13(9)14-10(2)15/h7-8H,3-6H2,1-2H3,(H,14,15). The number of amides is 1. The molecular formula is C13H17NO. The van der Waals surface area contributed by atoms with Crippen LogP contribution < -0.4 is 5.32 Å². The summed E-state index contributed by atoms with van der Waals surface area (Å²) in [6, 6.07) is 4.37. The molecule has 0 heterocycles. The minimum atomic E-state index is 0.00820. The van der Waals surface area contributed by atoms with Crippen LogP contribution in [0.2, 0.25) is 0 Å². The van der Waals surface area contributed by atoms with E-state index in [1.165, 1.54) is 36.0 Å². The van der Waals surface area contributed by atoms with Crippen LogP contribution in [-0.4, -0.2) is 5.91 Å². The van der Waals surface area contributed by atoms with E-state index in [0.29, 0.717) is 0 Å². The summed E-state index contributed by atoms with van der Waals surface area (Å²) < 4.78 is 0. The smallest absolute Gasteiger partial charge is 0.221 e. The van der Waals surface area contributed by atoms with Crippen molar-refractivity contribution in [3.8, 4) is 0 Å². The molecule has 2 nitrogen and oxygen atoms in total. The molecule has 1 N–H and O–H groups in total. The van der Waals surface area contributed by atoms with Gasteiger partial charge in [-0.15, -0.1) is 0 Å². The van der Waals surface area contributed by atoms with E-state index < -0.39 is 0 Å². The summed E-state index contributed by atoms with van der Waals surface area (Å²) >= 11 is 0. The number of fused-ring (bicyclic) bond motifs is 1. The van der Waals surface area contributed by atoms with Gasteiger partial charge in [0, 0.05) is 12.6 Å². The maximum Gasteiger partial charge on any atom is 0.221 e. The minimum Gasteiger partial charge on any atom is -0.326 e. The van der Waals surface area contributed by atoms with E-state index in [2.05, 4.69) is 24.4 Å². The molecule has 1 aromatic rings. The Morgan fingerprint density at radius 2 is 1.80 bits per heavy atom. The monoisotopic (exact) mass is 203 g/mol. The molecule has 2 rings (SSSR count). The Hall–Kier alpha value is -1.31. The van der Waals surface area contributed by atoms with Crippen molar-refractivity contribution >= 4 is 11.6 Å². The number of hydrogen-bond acceptors (Lipinski definition) is 1. The first-order valence-corrected chi connectivity index (χ1v) is 5.57. The second-order valence-corrected chi connectivity index (χ2v) is 4.32. The van der Waals surface area contributed by atoms with E-state index in [4.69, 9.17) is 0 Å². The van der Waals surface area contributed by atoms with Crippen molar-refractivity contribution in [1.29, 1.82) is 0 Å². The lowest BCUT2D eigenvalue weighted by molar-refractivity contribution is -0.114. The molecule has 1 amide bonds. The average Bonchev–Trinajstić information content (AvgIpc) is 2.18. The van der Waals surface area contributed by atoms with Crippen LogP contribution in [0.25, 0.3) is 0 Å². The van der Waals surface area contributed by atoms with Crippen LogP contribution in [0.4, 0.5) is 5.69 Å². The van der Waals surface area contributed by atoms with Crippen LogP contribution in [0.1, 0.15) is 36.5 Å². The number of rotatable bonds is 1. The average molecular weight is 203 g/mol. The summed E-state index contributed by atoms with van der Waals surface area (Å²) in [5, 5.41) is 2.88. The summed E-state index contributed by atoms with van der Waals surface area (Å²) in [5.74, 6) is 0.00820. The third-order valence-electron chi connectivity index (χ3n) is 3.00. The lowest BCUT2D eigenvalue weighted by Crippen LogP contribution is -2.10. The van der Waals surface area contributed by atoms with Gasteiger partial charge in [0.25, 0.3) is 0 Å². The van der Waals surface area contributed by atoms with Crippen molar-refractivity contribution in [1.82, 2.24) is 0 Å². The van der Waals surface area contributed by atoms with Gasteiger partial charge in [0.15, 0.2) is 0 Å². The molecule has 0 aromatic heterocycles. The topological polar surface area (TPSA) is 29.1 Å². The predicted octanol–water partition coefficient (Wildman–Crippen LogP) is 2.83. The number of benzene rings is 1. The van der Waals surface area contributed by atoms with Gasteiger partial charge in [-0.05, 0) is 55.4 Å². The first kappa shape index (κ1) is 10.2. The normalized spacial score (nSPS) is 14.5. The largest absolute Gasteiger partial charge is 0.326 e. The van der Waals surface area contributed by atoms with Crippen molar-refractivity contribution in [3.63, 3.8) is 0 Å². The second-order valence-electron chi connectivity index (χ2n) is 4.32. The summed E-state index contributed by atoms with van der Waals surface area (Å²) in [4.78, 5) is 11.0. The Morgan fingerprint density at radius 1 is 1.20 bits per heavy atom. The fraction of sp³-hybridized carbons (Fsp3) is 0.462. The Labute approximate surface area is 90.7 Å². The third kappa shape index (κ3) is 2.20. The number of nitrogens with one attached hydrogen (secondary N) is 1. The van der Waals surface area contributed by atoms with Gasteiger partial charge in [-0.25, -0.2) is 0 Å². The quantitative estimate of drug-likeness (QED) is 0.747. The van der Waals surface area contributed by atoms with Crippen LogP contribution in [0.15, 0.2) is 12.1 Å². The van der Waals surface area contributed by atoms with Crippen LogP contribution in [0.3, 0.4) is 0 Å². The van der Waals surface area contributed by atoms with Gasteiger partial charge in [-0.2, -0.15) is 0 Å². The molecule has 15 heavy (non-hydrogen) atoms. The minimum absolute atomic E-state index is 0.00820. The molecule has 80 valence electrons. The zero-order valence-electron chi connectivity index (χ0n) is 9.39. The molecule has 0 spiro atoms. The maximum absolute atomic E-state index is 11.0.